The Labute approximate surface area is 175 Å². The highest BCUT2D eigenvalue weighted by atomic mass is 19.1. The van der Waals surface area contributed by atoms with Crippen LogP contribution in [-0.4, -0.2) is 17.4 Å². The number of aromatic nitrogens is 1. The van der Waals surface area contributed by atoms with Crippen LogP contribution < -0.4 is 5.32 Å². The van der Waals surface area contributed by atoms with E-state index in [0.717, 1.165) is 19.3 Å². The lowest BCUT2D eigenvalue weighted by Gasteiger charge is -2.19. The summed E-state index contributed by atoms with van der Waals surface area (Å²) in [5, 5.41) is 3.01. The number of benzene rings is 2. The molecule has 0 aliphatic heterocycles. The van der Waals surface area contributed by atoms with Crippen LogP contribution >= 0.6 is 0 Å². The fourth-order valence-corrected chi connectivity index (χ4v) is 4.25. The highest BCUT2D eigenvalue weighted by Crippen LogP contribution is 2.59. The van der Waals surface area contributed by atoms with Crippen LogP contribution in [0, 0.1) is 17.6 Å². The highest BCUT2D eigenvalue weighted by Gasteiger charge is 2.60. The molecule has 0 bridgehead atoms. The van der Waals surface area contributed by atoms with Crippen LogP contribution in [0.15, 0.2) is 73.1 Å². The van der Waals surface area contributed by atoms with Crippen molar-refractivity contribution in [3.63, 3.8) is 0 Å². The van der Waals surface area contributed by atoms with Crippen molar-refractivity contribution in [2.45, 2.75) is 31.1 Å². The van der Waals surface area contributed by atoms with E-state index in [4.69, 9.17) is 0 Å². The number of carbonyl (C=O) groups excluding carboxylic acids is 1. The maximum atomic E-state index is 13.9. The summed E-state index contributed by atoms with van der Waals surface area (Å²) in [6.45, 7) is 0.581. The van der Waals surface area contributed by atoms with Crippen molar-refractivity contribution in [3.05, 3.63) is 101 Å². The lowest BCUT2D eigenvalue weighted by molar-refractivity contribution is -0.122. The first-order valence-corrected chi connectivity index (χ1v) is 10.3. The number of amides is 1. The molecule has 0 unspecified atom stereocenters. The number of nitrogens with zero attached hydrogens (tertiary/aromatic N) is 1. The monoisotopic (exact) mass is 406 g/mol. The Morgan fingerprint density at radius 1 is 1.00 bits per heavy atom. The third kappa shape index (κ3) is 4.25. The number of carbonyl (C=O) groups is 1. The Balaban J connectivity index is 1.41. The minimum atomic E-state index is -0.677. The molecule has 5 heteroatoms. The molecule has 1 saturated carbocycles. The summed E-state index contributed by atoms with van der Waals surface area (Å²) < 4.78 is 27.8. The number of rotatable bonds is 8. The number of halogens is 2. The quantitative estimate of drug-likeness (QED) is 0.546. The van der Waals surface area contributed by atoms with Gasteiger partial charge in [-0.25, -0.2) is 8.78 Å². The minimum Gasteiger partial charge on any atom is -0.356 e. The van der Waals surface area contributed by atoms with Gasteiger partial charge < -0.3 is 5.32 Å². The molecule has 1 N–H and O–H groups in total. The van der Waals surface area contributed by atoms with Crippen LogP contribution in [0.3, 0.4) is 0 Å². The molecule has 1 amide bonds. The lowest BCUT2D eigenvalue weighted by Crippen LogP contribution is -2.30. The normalized spacial score (nSPS) is 16.8. The van der Waals surface area contributed by atoms with E-state index in [9.17, 15) is 13.6 Å². The van der Waals surface area contributed by atoms with Crippen LogP contribution in [0.1, 0.15) is 36.0 Å². The van der Waals surface area contributed by atoms with Gasteiger partial charge in [-0.3, -0.25) is 9.78 Å². The number of pyridine rings is 1. The van der Waals surface area contributed by atoms with Crippen molar-refractivity contribution in [1.29, 1.82) is 0 Å². The Hall–Kier alpha value is -3.08. The summed E-state index contributed by atoms with van der Waals surface area (Å²) in [6, 6.07) is 16.5. The molecule has 2 aromatic carbocycles. The number of nitrogens with one attached hydrogen (secondary N) is 1. The van der Waals surface area contributed by atoms with Crippen molar-refractivity contribution in [3.8, 4) is 0 Å². The number of hydrogen-bond acceptors (Lipinski definition) is 2. The molecule has 3 aromatic rings. The van der Waals surface area contributed by atoms with Crippen molar-refractivity contribution in [2.24, 2.45) is 5.92 Å². The zero-order valence-electron chi connectivity index (χ0n) is 16.7. The first-order chi connectivity index (χ1) is 14.6. The molecule has 1 aliphatic rings. The SMILES string of the molecule is O=C(NCCCCc1cccnc1)[C@H]1CC1(c1cccc(F)c1)c1cccc(F)c1. The lowest BCUT2D eigenvalue weighted by atomic mass is 9.85. The van der Waals surface area contributed by atoms with Gasteiger partial charge in [-0.15, -0.1) is 0 Å². The molecule has 0 radical (unpaired) electrons. The number of unbranched alkanes of at least 4 members (excludes halogenated alkanes) is 1. The van der Waals surface area contributed by atoms with E-state index >= 15 is 0 Å². The van der Waals surface area contributed by atoms with Crippen molar-refractivity contribution < 1.29 is 13.6 Å². The van der Waals surface area contributed by atoms with E-state index in [1.165, 1.54) is 29.8 Å². The molecule has 154 valence electrons. The summed E-state index contributed by atoms with van der Waals surface area (Å²) in [6.07, 6.45) is 6.89. The summed E-state index contributed by atoms with van der Waals surface area (Å²) >= 11 is 0. The zero-order chi connectivity index (χ0) is 21.0. The molecule has 4 rings (SSSR count). The second kappa shape index (κ2) is 8.74. The fourth-order valence-electron chi connectivity index (χ4n) is 4.25. The van der Waals surface area contributed by atoms with E-state index in [2.05, 4.69) is 10.3 Å². The largest absolute Gasteiger partial charge is 0.356 e. The van der Waals surface area contributed by atoms with Gasteiger partial charge in [0.2, 0.25) is 5.91 Å². The molecule has 0 saturated heterocycles. The van der Waals surface area contributed by atoms with Gasteiger partial charge in [0.1, 0.15) is 11.6 Å². The minimum absolute atomic E-state index is 0.0649. The predicted octanol–water partition coefficient (Wildman–Crippen LogP) is 4.80. The number of aryl methyl sites for hydroxylation is 1. The zero-order valence-corrected chi connectivity index (χ0v) is 16.7. The van der Waals surface area contributed by atoms with Crippen molar-refractivity contribution >= 4 is 5.91 Å². The summed E-state index contributed by atoms with van der Waals surface area (Å²) in [4.78, 5) is 17.0. The number of hydrogen-bond donors (Lipinski definition) is 1. The van der Waals surface area contributed by atoms with Gasteiger partial charge in [0.15, 0.2) is 0 Å². The third-order valence-corrected chi connectivity index (χ3v) is 5.87. The highest BCUT2D eigenvalue weighted by molar-refractivity contribution is 5.86. The molecule has 1 atom stereocenters. The molecule has 1 aliphatic carbocycles. The van der Waals surface area contributed by atoms with Gasteiger partial charge in [-0.2, -0.15) is 0 Å². The standard InChI is InChI=1S/C25H24F2N2O/c26-21-10-3-8-19(14-21)25(20-9-4-11-22(27)15-20)16-23(25)24(30)29-13-2-1-6-18-7-5-12-28-17-18/h3-5,7-12,14-15,17,23H,1-2,6,13,16H2,(H,29,30)/t23-/m1/s1. The first-order valence-electron chi connectivity index (χ1n) is 10.3. The van der Waals surface area contributed by atoms with Gasteiger partial charge in [0.25, 0.3) is 0 Å². The molecular formula is C25H24F2N2O. The molecular weight excluding hydrogens is 382 g/mol. The van der Waals surface area contributed by atoms with E-state index in [1.807, 2.05) is 30.5 Å². The average molecular weight is 406 g/mol. The Bertz CT molecular complexity index is 977. The fraction of sp³-hybridized carbons (Fsp3) is 0.280. The molecule has 1 fully saturated rings. The van der Waals surface area contributed by atoms with Crippen molar-refractivity contribution in [1.82, 2.24) is 10.3 Å². The first kappa shape index (κ1) is 20.2. The third-order valence-electron chi connectivity index (χ3n) is 5.87. The van der Waals surface area contributed by atoms with Crippen LogP contribution in [0.5, 0.6) is 0 Å². The van der Waals surface area contributed by atoms with E-state index < -0.39 is 5.41 Å². The van der Waals surface area contributed by atoms with Crippen LogP contribution in [0.25, 0.3) is 0 Å². The second-order valence-electron chi connectivity index (χ2n) is 7.86. The maximum Gasteiger partial charge on any atom is 0.224 e. The molecule has 1 aromatic heterocycles. The molecule has 3 nitrogen and oxygen atoms in total. The van der Waals surface area contributed by atoms with Crippen LogP contribution in [0.2, 0.25) is 0 Å². The van der Waals surface area contributed by atoms with Gasteiger partial charge >= 0.3 is 0 Å². The van der Waals surface area contributed by atoms with E-state index in [0.29, 0.717) is 24.1 Å². The van der Waals surface area contributed by atoms with Gasteiger partial charge in [-0.05, 0) is 72.7 Å². The van der Waals surface area contributed by atoms with Crippen LogP contribution in [-0.2, 0) is 16.6 Å². The van der Waals surface area contributed by atoms with E-state index in [1.54, 1.807) is 18.3 Å². The van der Waals surface area contributed by atoms with Gasteiger partial charge in [0.05, 0.1) is 5.92 Å². The summed E-state index contributed by atoms with van der Waals surface area (Å²) in [5.41, 5.74) is 1.93. The Kier molecular flexibility index (Phi) is 5.88. The predicted molar refractivity (Wildman–Crippen MR) is 112 cm³/mol. The topological polar surface area (TPSA) is 42.0 Å². The summed E-state index contributed by atoms with van der Waals surface area (Å²) in [7, 11) is 0. The van der Waals surface area contributed by atoms with Crippen molar-refractivity contribution in [2.75, 3.05) is 6.54 Å². The smallest absolute Gasteiger partial charge is 0.224 e. The van der Waals surface area contributed by atoms with E-state index in [-0.39, 0.29) is 23.5 Å². The average Bonchev–Trinajstić information content (AvgIpc) is 3.51. The molecule has 30 heavy (non-hydrogen) atoms. The Morgan fingerprint density at radius 2 is 1.70 bits per heavy atom. The van der Waals surface area contributed by atoms with Crippen LogP contribution in [0.4, 0.5) is 8.78 Å². The summed E-state index contributed by atoms with van der Waals surface area (Å²) in [5.74, 6) is -1.11. The van der Waals surface area contributed by atoms with Gasteiger partial charge in [-0.1, -0.05) is 30.3 Å². The Morgan fingerprint density at radius 3 is 2.30 bits per heavy atom. The molecule has 1 heterocycles. The molecule has 0 spiro atoms. The van der Waals surface area contributed by atoms with Gasteiger partial charge in [0, 0.05) is 24.4 Å². The second-order valence-corrected chi connectivity index (χ2v) is 7.86. The maximum absolute atomic E-state index is 13.9.